The normalized spacial score (nSPS) is 22.5. The van der Waals surface area contributed by atoms with Crippen molar-refractivity contribution >= 4 is 11.1 Å². The Morgan fingerprint density at radius 1 is 0.958 bits per heavy atom. The van der Waals surface area contributed by atoms with Crippen LogP contribution < -0.4 is 0 Å². The van der Waals surface area contributed by atoms with Crippen LogP contribution in [0.1, 0.15) is 62.5 Å². The van der Waals surface area contributed by atoms with E-state index < -0.39 is 11.1 Å². The molecule has 0 unspecified atom stereocenters. The molecule has 0 N–H and O–H groups in total. The second-order valence-electron chi connectivity index (χ2n) is 6.89. The first-order chi connectivity index (χ1) is 11.6. The van der Waals surface area contributed by atoms with Gasteiger partial charge < -0.3 is 0 Å². The van der Waals surface area contributed by atoms with Crippen LogP contribution in [0.3, 0.4) is 0 Å². The van der Waals surface area contributed by atoms with Crippen LogP contribution in [-0.4, -0.2) is 10.3 Å². The largest absolute Gasteiger partial charge is 0.283 e. The summed E-state index contributed by atoms with van der Waals surface area (Å²) in [7, 11) is 0. The van der Waals surface area contributed by atoms with E-state index in [0.29, 0.717) is 11.8 Å². The lowest BCUT2D eigenvalue weighted by Crippen LogP contribution is -2.27. The highest BCUT2D eigenvalue weighted by atomic mass is 32.2. The van der Waals surface area contributed by atoms with E-state index in [4.69, 9.17) is 4.18 Å². The summed E-state index contributed by atoms with van der Waals surface area (Å²) in [6.07, 6.45) is 4.49. The minimum absolute atomic E-state index is 0.0340. The van der Waals surface area contributed by atoms with E-state index in [2.05, 4.69) is 50.2 Å². The maximum Gasteiger partial charge on any atom is 0.189 e. The predicted octanol–water partition coefficient (Wildman–Crippen LogP) is 5.58. The van der Waals surface area contributed by atoms with Gasteiger partial charge in [0.1, 0.15) is 0 Å². The average molecular weight is 343 g/mol. The zero-order valence-corrected chi connectivity index (χ0v) is 15.3. The van der Waals surface area contributed by atoms with E-state index >= 15 is 0 Å². The molecule has 0 heterocycles. The van der Waals surface area contributed by atoms with Gasteiger partial charge in [0.05, 0.1) is 11.0 Å². The summed E-state index contributed by atoms with van der Waals surface area (Å²) >= 11 is -1.40. The van der Waals surface area contributed by atoms with Crippen molar-refractivity contribution in [2.24, 2.45) is 0 Å². The van der Waals surface area contributed by atoms with Crippen molar-refractivity contribution in [3.63, 3.8) is 0 Å². The van der Waals surface area contributed by atoms with Crippen molar-refractivity contribution in [3.05, 3.63) is 65.7 Å². The lowest BCUT2D eigenvalue weighted by atomic mass is 9.82. The summed E-state index contributed by atoms with van der Waals surface area (Å²) < 4.78 is 18.7. The molecule has 0 spiro atoms. The molecule has 0 aliphatic heterocycles. The van der Waals surface area contributed by atoms with Gasteiger partial charge in [0.2, 0.25) is 0 Å². The van der Waals surface area contributed by atoms with Crippen LogP contribution in [0.5, 0.6) is 0 Å². The van der Waals surface area contributed by atoms with E-state index in [-0.39, 0.29) is 6.10 Å². The number of benzene rings is 2. The highest BCUT2D eigenvalue weighted by Gasteiger charge is 2.29. The summed E-state index contributed by atoms with van der Waals surface area (Å²) in [6, 6.07) is 18.5. The van der Waals surface area contributed by atoms with Gasteiger partial charge in [-0.2, -0.15) is 0 Å². The number of hydrogen-bond acceptors (Lipinski definition) is 2. The molecular formula is C21H26O2S. The molecule has 1 aliphatic rings. The molecule has 3 atom stereocenters. The van der Waals surface area contributed by atoms with Crippen LogP contribution in [0.25, 0.3) is 0 Å². The smallest absolute Gasteiger partial charge is 0.189 e. The molecule has 2 aromatic carbocycles. The highest BCUT2D eigenvalue weighted by Crippen LogP contribution is 2.36. The van der Waals surface area contributed by atoms with Gasteiger partial charge in [-0.15, -0.1) is 0 Å². The van der Waals surface area contributed by atoms with E-state index in [9.17, 15) is 4.21 Å². The first kappa shape index (κ1) is 17.4. The molecule has 3 rings (SSSR count). The molecule has 0 radical (unpaired) electrons. The predicted molar refractivity (Wildman–Crippen MR) is 99.5 cm³/mol. The third-order valence-electron chi connectivity index (χ3n) is 4.88. The molecule has 1 fully saturated rings. The van der Waals surface area contributed by atoms with Crippen LogP contribution >= 0.6 is 0 Å². The van der Waals surface area contributed by atoms with Gasteiger partial charge in [0.15, 0.2) is 11.1 Å². The van der Waals surface area contributed by atoms with Crippen molar-refractivity contribution < 1.29 is 8.39 Å². The van der Waals surface area contributed by atoms with Crippen LogP contribution in [-0.2, 0) is 15.3 Å². The monoisotopic (exact) mass is 342 g/mol. The molecule has 0 saturated heterocycles. The van der Waals surface area contributed by atoms with E-state index in [1.807, 2.05) is 18.2 Å². The van der Waals surface area contributed by atoms with Crippen molar-refractivity contribution in [3.8, 4) is 0 Å². The van der Waals surface area contributed by atoms with Crippen molar-refractivity contribution in [2.75, 3.05) is 0 Å². The van der Waals surface area contributed by atoms with Crippen LogP contribution in [0.4, 0.5) is 0 Å². The van der Waals surface area contributed by atoms with Crippen molar-refractivity contribution in [2.45, 2.75) is 62.4 Å². The fourth-order valence-electron chi connectivity index (χ4n) is 3.43. The van der Waals surface area contributed by atoms with Crippen molar-refractivity contribution in [1.29, 1.82) is 0 Å². The highest BCUT2D eigenvalue weighted by molar-refractivity contribution is 7.80. The average Bonchev–Trinajstić information content (AvgIpc) is 2.63. The van der Waals surface area contributed by atoms with Crippen LogP contribution in [0.15, 0.2) is 59.5 Å². The Morgan fingerprint density at radius 2 is 1.62 bits per heavy atom. The third-order valence-corrected chi connectivity index (χ3v) is 5.96. The summed E-state index contributed by atoms with van der Waals surface area (Å²) in [6.45, 7) is 4.32. The minimum Gasteiger partial charge on any atom is -0.283 e. The zero-order valence-electron chi connectivity index (χ0n) is 14.5. The summed E-state index contributed by atoms with van der Waals surface area (Å²) in [5.74, 6) is 0.827. The lowest BCUT2D eigenvalue weighted by molar-refractivity contribution is 0.147. The standard InChI is InChI=1S/C21H26O2S/c1-16(2)17-12-14-19(15-13-17)24(22)23-21-11-7-6-10-20(21)18-8-4-3-5-9-18/h3-5,8-9,12-16,20-21H,6-7,10-11H2,1-2H3/t20-,21+,24-/m1/s1. The molecule has 1 aliphatic carbocycles. The van der Waals surface area contributed by atoms with Crippen LogP contribution in [0, 0.1) is 0 Å². The van der Waals surface area contributed by atoms with E-state index in [1.54, 1.807) is 0 Å². The quantitative estimate of drug-likeness (QED) is 0.709. The molecule has 2 nitrogen and oxygen atoms in total. The Hall–Kier alpha value is -1.45. The Kier molecular flexibility index (Phi) is 5.85. The second kappa shape index (κ2) is 8.09. The van der Waals surface area contributed by atoms with Gasteiger partial charge in [0, 0.05) is 5.92 Å². The zero-order chi connectivity index (χ0) is 16.9. The van der Waals surface area contributed by atoms with E-state index in [0.717, 1.165) is 24.2 Å². The maximum atomic E-state index is 12.7. The first-order valence-electron chi connectivity index (χ1n) is 8.89. The molecular weight excluding hydrogens is 316 g/mol. The number of hydrogen-bond donors (Lipinski definition) is 0. The summed E-state index contributed by atoms with van der Waals surface area (Å²) in [5, 5.41) is 0. The fourth-order valence-corrected chi connectivity index (χ4v) is 4.35. The molecule has 0 aromatic heterocycles. The van der Waals surface area contributed by atoms with Gasteiger partial charge in [-0.25, -0.2) is 4.21 Å². The minimum atomic E-state index is -1.40. The Morgan fingerprint density at radius 3 is 2.29 bits per heavy atom. The van der Waals surface area contributed by atoms with E-state index in [1.165, 1.54) is 17.5 Å². The molecule has 2 aromatic rings. The lowest BCUT2D eigenvalue weighted by Gasteiger charge is -2.31. The summed E-state index contributed by atoms with van der Waals surface area (Å²) in [4.78, 5) is 0.761. The second-order valence-corrected chi connectivity index (χ2v) is 8.03. The van der Waals surface area contributed by atoms with Crippen LogP contribution in [0.2, 0.25) is 0 Å². The molecule has 0 bridgehead atoms. The summed E-state index contributed by atoms with van der Waals surface area (Å²) in [5.41, 5.74) is 2.56. The van der Waals surface area contributed by atoms with Crippen molar-refractivity contribution in [1.82, 2.24) is 0 Å². The Labute approximate surface area is 147 Å². The van der Waals surface area contributed by atoms with Gasteiger partial charge in [0.25, 0.3) is 0 Å². The van der Waals surface area contributed by atoms with Gasteiger partial charge in [-0.1, -0.05) is 69.2 Å². The molecule has 3 heteroatoms. The molecule has 0 amide bonds. The SMILES string of the molecule is CC(C)c1ccc([S@](=O)O[C@H]2CCCC[C@@H]2c2ccccc2)cc1. The van der Waals surface area contributed by atoms with Gasteiger partial charge in [-0.05, 0) is 42.0 Å². The maximum absolute atomic E-state index is 12.7. The molecule has 24 heavy (non-hydrogen) atoms. The molecule has 128 valence electrons. The Balaban J connectivity index is 1.71. The first-order valence-corrected chi connectivity index (χ1v) is 9.96. The van der Waals surface area contributed by atoms with Gasteiger partial charge in [-0.3, -0.25) is 4.18 Å². The fraction of sp³-hybridized carbons (Fsp3) is 0.429. The number of rotatable bonds is 5. The molecule has 1 saturated carbocycles. The third kappa shape index (κ3) is 4.14. The van der Waals surface area contributed by atoms with Gasteiger partial charge >= 0.3 is 0 Å². The topological polar surface area (TPSA) is 26.3 Å². The Bertz CT molecular complexity index is 664.